The van der Waals surface area contributed by atoms with Crippen molar-refractivity contribution >= 4 is 17.1 Å². The van der Waals surface area contributed by atoms with E-state index in [0.717, 1.165) is 30.7 Å². The molecule has 0 radical (unpaired) electrons. The molecule has 3 heterocycles. The number of halogens is 3. The molecule has 1 atom stereocenters. The van der Waals surface area contributed by atoms with Crippen LogP contribution in [-0.2, 0) is 6.18 Å². The lowest BCUT2D eigenvalue weighted by atomic mass is 9.93. The predicted octanol–water partition coefficient (Wildman–Crippen LogP) is 3.39. The second kappa shape index (κ2) is 6.64. The second-order valence-electron chi connectivity index (χ2n) is 6.53. The number of fused-ring (bicyclic) bond motifs is 1. The van der Waals surface area contributed by atoms with E-state index in [4.69, 9.17) is 0 Å². The number of nitrogens with zero attached hydrogens (tertiary/aromatic N) is 4. The average Bonchev–Trinajstić information content (AvgIpc) is 3.11. The fourth-order valence-electron chi connectivity index (χ4n) is 3.46. The molecule has 0 unspecified atom stereocenters. The third kappa shape index (κ3) is 3.36. The Labute approximate surface area is 152 Å². The van der Waals surface area contributed by atoms with E-state index >= 15 is 0 Å². The van der Waals surface area contributed by atoms with Crippen molar-refractivity contribution in [1.29, 1.82) is 0 Å². The molecule has 0 bridgehead atoms. The van der Waals surface area contributed by atoms with E-state index in [9.17, 15) is 18.0 Å². The van der Waals surface area contributed by atoms with Crippen LogP contribution in [0.25, 0.3) is 11.2 Å². The Kier molecular flexibility index (Phi) is 4.29. The van der Waals surface area contributed by atoms with E-state index in [1.54, 1.807) is 17.3 Å². The third-order valence-electron chi connectivity index (χ3n) is 4.77. The van der Waals surface area contributed by atoms with Gasteiger partial charge < -0.3 is 4.90 Å². The highest BCUT2D eigenvalue weighted by Crippen LogP contribution is 2.32. The topological polar surface area (TPSA) is 74.8 Å². The zero-order valence-corrected chi connectivity index (χ0v) is 14.2. The Morgan fingerprint density at radius 1 is 1.22 bits per heavy atom. The molecule has 1 aliphatic rings. The van der Waals surface area contributed by atoms with E-state index in [1.807, 2.05) is 0 Å². The van der Waals surface area contributed by atoms with Crippen molar-refractivity contribution in [2.45, 2.75) is 24.9 Å². The van der Waals surface area contributed by atoms with Gasteiger partial charge in [0, 0.05) is 37.0 Å². The van der Waals surface area contributed by atoms with Gasteiger partial charge in [0.25, 0.3) is 5.91 Å². The van der Waals surface area contributed by atoms with Gasteiger partial charge in [-0.25, -0.2) is 9.97 Å². The summed E-state index contributed by atoms with van der Waals surface area (Å²) in [6.45, 7) is 0.895. The summed E-state index contributed by atoms with van der Waals surface area (Å²) in [5.41, 5.74) is 1.20. The van der Waals surface area contributed by atoms with Gasteiger partial charge in [0.15, 0.2) is 5.65 Å². The van der Waals surface area contributed by atoms with Gasteiger partial charge in [-0.15, -0.1) is 0 Å². The maximum Gasteiger partial charge on any atom is 0.416 e. The molecule has 140 valence electrons. The minimum atomic E-state index is -4.48. The number of rotatable bonds is 2. The van der Waals surface area contributed by atoms with Crippen molar-refractivity contribution in [3.8, 4) is 0 Å². The predicted molar refractivity (Wildman–Crippen MR) is 91.0 cm³/mol. The van der Waals surface area contributed by atoms with Gasteiger partial charge in [0.1, 0.15) is 5.52 Å². The quantitative estimate of drug-likeness (QED) is 0.745. The van der Waals surface area contributed by atoms with Crippen molar-refractivity contribution in [3.63, 3.8) is 0 Å². The summed E-state index contributed by atoms with van der Waals surface area (Å²) in [4.78, 5) is 22.8. The molecule has 1 saturated heterocycles. The molecule has 1 amide bonds. The maximum atomic E-state index is 12.9. The zero-order valence-electron chi connectivity index (χ0n) is 14.2. The average molecular weight is 375 g/mol. The first kappa shape index (κ1) is 17.4. The molecule has 27 heavy (non-hydrogen) atoms. The molecule has 6 nitrogen and oxygen atoms in total. The van der Waals surface area contributed by atoms with Crippen molar-refractivity contribution in [2.75, 3.05) is 13.1 Å². The fraction of sp³-hybridized carbons (Fsp3) is 0.333. The van der Waals surface area contributed by atoms with Crippen molar-refractivity contribution in [2.24, 2.45) is 0 Å². The fourth-order valence-corrected chi connectivity index (χ4v) is 3.46. The minimum absolute atomic E-state index is 0.0183. The van der Waals surface area contributed by atoms with Crippen LogP contribution in [0.2, 0.25) is 0 Å². The molecule has 0 saturated carbocycles. The lowest BCUT2D eigenvalue weighted by Crippen LogP contribution is -2.39. The first-order valence-electron chi connectivity index (χ1n) is 8.55. The standard InChI is InChI=1S/C18H16F3N5O/c19-18(20,21)13-5-1-3-11(9-13)17(27)26-8-2-4-12(10-26)14-15-16(25-24-14)23-7-6-22-15/h1,3,5-7,9,12H,2,4,8,10H2,(H,23,24,25)/t12-/m1/s1. The molecular formula is C18H16F3N5O. The lowest BCUT2D eigenvalue weighted by molar-refractivity contribution is -0.137. The molecular weight excluding hydrogens is 359 g/mol. The van der Waals surface area contributed by atoms with Gasteiger partial charge in [0.05, 0.1) is 11.3 Å². The molecule has 0 spiro atoms. The van der Waals surface area contributed by atoms with Crippen molar-refractivity contribution in [1.82, 2.24) is 25.1 Å². The number of aromatic amines is 1. The van der Waals surface area contributed by atoms with Crippen molar-refractivity contribution < 1.29 is 18.0 Å². The van der Waals surface area contributed by atoms with Gasteiger partial charge >= 0.3 is 6.18 Å². The van der Waals surface area contributed by atoms with E-state index < -0.39 is 17.6 Å². The van der Waals surface area contributed by atoms with Crippen LogP contribution < -0.4 is 0 Å². The van der Waals surface area contributed by atoms with Crippen LogP contribution in [0.3, 0.4) is 0 Å². The number of H-pyrrole nitrogens is 1. The number of alkyl halides is 3. The smallest absolute Gasteiger partial charge is 0.338 e. The van der Waals surface area contributed by atoms with E-state index in [-0.39, 0.29) is 11.5 Å². The number of hydrogen-bond donors (Lipinski definition) is 1. The van der Waals surface area contributed by atoms with Crippen LogP contribution in [0.15, 0.2) is 36.7 Å². The first-order valence-corrected chi connectivity index (χ1v) is 8.55. The molecule has 1 fully saturated rings. The molecule has 0 aliphatic carbocycles. The number of amides is 1. The second-order valence-corrected chi connectivity index (χ2v) is 6.53. The van der Waals surface area contributed by atoms with Gasteiger partial charge in [-0.05, 0) is 31.0 Å². The molecule has 1 aliphatic heterocycles. The van der Waals surface area contributed by atoms with Gasteiger partial charge in [-0.1, -0.05) is 6.07 Å². The number of hydrogen-bond acceptors (Lipinski definition) is 4. The number of likely N-dealkylation sites (tertiary alicyclic amines) is 1. The lowest BCUT2D eigenvalue weighted by Gasteiger charge is -2.32. The molecule has 2 aromatic heterocycles. The summed E-state index contributed by atoms with van der Waals surface area (Å²) in [7, 11) is 0. The van der Waals surface area contributed by atoms with Crippen LogP contribution in [0, 0.1) is 0 Å². The number of nitrogens with one attached hydrogen (secondary N) is 1. The first-order chi connectivity index (χ1) is 12.9. The number of carbonyl (C=O) groups is 1. The van der Waals surface area contributed by atoms with Gasteiger partial charge in [-0.3, -0.25) is 9.89 Å². The van der Waals surface area contributed by atoms with E-state index in [2.05, 4.69) is 20.2 Å². The normalized spacial score (nSPS) is 18.0. The summed E-state index contributed by atoms with van der Waals surface area (Å²) < 4.78 is 38.8. The SMILES string of the molecule is O=C(c1cccc(C(F)(F)F)c1)N1CCC[C@@H](c2[nH]nc3nccnc23)C1. The van der Waals surface area contributed by atoms with Crippen LogP contribution in [0.4, 0.5) is 13.2 Å². The van der Waals surface area contributed by atoms with Gasteiger partial charge in [0.2, 0.25) is 0 Å². The van der Waals surface area contributed by atoms with Crippen LogP contribution in [0.5, 0.6) is 0 Å². The number of benzene rings is 1. The monoisotopic (exact) mass is 375 g/mol. The summed E-state index contributed by atoms with van der Waals surface area (Å²) in [5, 5.41) is 7.08. The van der Waals surface area contributed by atoms with Gasteiger partial charge in [-0.2, -0.15) is 18.3 Å². The molecule has 1 N–H and O–H groups in total. The number of carbonyl (C=O) groups excluding carboxylic acids is 1. The molecule has 1 aromatic carbocycles. The summed E-state index contributed by atoms with van der Waals surface area (Å²) in [5.74, 6) is -0.420. The third-order valence-corrected chi connectivity index (χ3v) is 4.77. The van der Waals surface area contributed by atoms with Crippen LogP contribution >= 0.6 is 0 Å². The summed E-state index contributed by atoms with van der Waals surface area (Å²) in [6, 6.07) is 4.54. The number of piperidine rings is 1. The van der Waals surface area contributed by atoms with Crippen LogP contribution in [-0.4, -0.2) is 44.1 Å². The Bertz CT molecular complexity index is 984. The molecule has 9 heteroatoms. The van der Waals surface area contributed by atoms with Crippen molar-refractivity contribution in [3.05, 3.63) is 53.5 Å². The Morgan fingerprint density at radius 2 is 2.04 bits per heavy atom. The summed E-state index contributed by atoms with van der Waals surface area (Å²) in [6.07, 6.45) is 0.234. The molecule has 3 aromatic rings. The Hall–Kier alpha value is -2.97. The zero-order chi connectivity index (χ0) is 19.0. The summed E-state index contributed by atoms with van der Waals surface area (Å²) >= 11 is 0. The van der Waals surface area contributed by atoms with Crippen LogP contribution in [0.1, 0.15) is 40.4 Å². The highest BCUT2D eigenvalue weighted by atomic mass is 19.4. The maximum absolute atomic E-state index is 12.9. The highest BCUT2D eigenvalue weighted by Gasteiger charge is 2.32. The Balaban J connectivity index is 1.57. The largest absolute Gasteiger partial charge is 0.416 e. The minimum Gasteiger partial charge on any atom is -0.338 e. The highest BCUT2D eigenvalue weighted by molar-refractivity contribution is 5.94. The molecule has 4 rings (SSSR count). The van der Waals surface area contributed by atoms with E-state index in [1.165, 1.54) is 12.1 Å². The Morgan fingerprint density at radius 3 is 2.85 bits per heavy atom. The van der Waals surface area contributed by atoms with E-state index in [0.29, 0.717) is 24.3 Å². The number of aromatic nitrogens is 4.